The number of phenolic OH excluding ortho intramolecular Hbond substituents is 1. The molecule has 1 aromatic carbocycles. The van der Waals surface area contributed by atoms with Crippen LogP contribution in [0.5, 0.6) is 5.75 Å². The van der Waals surface area contributed by atoms with Gasteiger partial charge in [-0.2, -0.15) is 0 Å². The van der Waals surface area contributed by atoms with Crippen molar-refractivity contribution in [2.24, 2.45) is 0 Å². The number of nitrogens with one attached hydrogen (secondary N) is 1. The van der Waals surface area contributed by atoms with Crippen molar-refractivity contribution in [2.75, 3.05) is 25.4 Å². The number of benzene rings is 1. The van der Waals surface area contributed by atoms with E-state index in [1.807, 2.05) is 19.1 Å². The number of anilines is 1. The van der Waals surface area contributed by atoms with Crippen LogP contribution in [-0.2, 0) is 9.59 Å². The normalized spacial score (nSPS) is 9.79. The van der Waals surface area contributed by atoms with Gasteiger partial charge in [0, 0.05) is 26.6 Å². The topological polar surface area (TPSA) is 146 Å². The molecule has 0 aliphatic carbocycles. The van der Waals surface area contributed by atoms with Crippen LogP contribution in [-0.4, -0.2) is 52.5 Å². The fourth-order valence-corrected chi connectivity index (χ4v) is 2.15. The van der Waals surface area contributed by atoms with Gasteiger partial charge in [0.15, 0.2) is 5.76 Å². The maximum atomic E-state index is 12.0. The van der Waals surface area contributed by atoms with E-state index in [1.54, 1.807) is 12.1 Å². The highest BCUT2D eigenvalue weighted by Gasteiger charge is 2.18. The molecule has 0 bridgehead atoms. The summed E-state index contributed by atoms with van der Waals surface area (Å²) in [5.74, 6) is -1.25. The van der Waals surface area contributed by atoms with Gasteiger partial charge in [0.05, 0.1) is 18.4 Å². The SMILES string of the molecule is CC(=O)NCCN(CCC(=O)O)C(=O)c1ccco1.Cc1cccc(N)c1O. The molecule has 1 heterocycles. The van der Waals surface area contributed by atoms with Crippen LogP contribution in [0.4, 0.5) is 5.69 Å². The number of aryl methyl sites for hydroxylation is 1. The molecule has 0 fully saturated rings. The molecule has 0 saturated carbocycles. The van der Waals surface area contributed by atoms with E-state index in [-0.39, 0.29) is 43.5 Å². The summed E-state index contributed by atoms with van der Waals surface area (Å²) >= 11 is 0. The molecule has 0 spiro atoms. The number of carboxylic acids is 1. The predicted molar refractivity (Wildman–Crippen MR) is 103 cm³/mol. The minimum atomic E-state index is -0.989. The highest BCUT2D eigenvalue weighted by atomic mass is 16.4. The Bertz CT molecular complexity index is 769. The van der Waals surface area contributed by atoms with Crippen LogP contribution < -0.4 is 11.1 Å². The number of nitrogens with zero attached hydrogens (tertiary/aromatic N) is 1. The molecule has 2 rings (SSSR count). The minimum absolute atomic E-state index is 0.0639. The van der Waals surface area contributed by atoms with Gasteiger partial charge in [0.1, 0.15) is 5.75 Å². The summed E-state index contributed by atoms with van der Waals surface area (Å²) in [6, 6.07) is 8.38. The summed E-state index contributed by atoms with van der Waals surface area (Å²) in [4.78, 5) is 34.7. The number of nitrogen functional groups attached to an aromatic ring is 1. The third kappa shape index (κ3) is 7.81. The minimum Gasteiger partial charge on any atom is -0.506 e. The Morgan fingerprint density at radius 2 is 1.89 bits per heavy atom. The zero-order valence-corrected chi connectivity index (χ0v) is 15.8. The van der Waals surface area contributed by atoms with E-state index in [0.29, 0.717) is 5.69 Å². The summed E-state index contributed by atoms with van der Waals surface area (Å²) in [5, 5.41) is 20.3. The number of aliphatic carboxylic acids is 1. The molecule has 0 aliphatic rings. The first-order valence-electron chi connectivity index (χ1n) is 8.55. The summed E-state index contributed by atoms with van der Waals surface area (Å²) in [5.41, 5.74) is 6.63. The van der Waals surface area contributed by atoms with Crippen molar-refractivity contribution in [3.05, 3.63) is 47.9 Å². The number of carbonyl (C=O) groups is 3. The summed E-state index contributed by atoms with van der Waals surface area (Å²) in [6.07, 6.45) is 1.21. The Labute approximate surface area is 162 Å². The Morgan fingerprint density at radius 1 is 1.18 bits per heavy atom. The van der Waals surface area contributed by atoms with Gasteiger partial charge in [-0.1, -0.05) is 12.1 Å². The molecule has 0 saturated heterocycles. The van der Waals surface area contributed by atoms with Gasteiger partial charge in [-0.15, -0.1) is 0 Å². The second-order valence-corrected chi connectivity index (χ2v) is 5.91. The number of nitrogens with two attached hydrogens (primary N) is 1. The molecule has 2 aromatic rings. The average Bonchev–Trinajstić information content (AvgIpc) is 3.16. The molecule has 2 amide bonds. The van der Waals surface area contributed by atoms with E-state index in [2.05, 4.69) is 5.32 Å². The van der Waals surface area contributed by atoms with Gasteiger partial charge in [-0.25, -0.2) is 0 Å². The number of aromatic hydroxyl groups is 1. The van der Waals surface area contributed by atoms with Crippen molar-refractivity contribution in [1.29, 1.82) is 0 Å². The van der Waals surface area contributed by atoms with Gasteiger partial charge < -0.3 is 30.6 Å². The lowest BCUT2D eigenvalue weighted by molar-refractivity contribution is -0.137. The third-order valence-electron chi connectivity index (χ3n) is 3.64. The number of phenols is 1. The molecule has 0 atom stereocenters. The van der Waals surface area contributed by atoms with Gasteiger partial charge in [0.25, 0.3) is 5.91 Å². The zero-order valence-electron chi connectivity index (χ0n) is 15.8. The second kappa shape index (κ2) is 11.3. The van der Waals surface area contributed by atoms with Gasteiger partial charge >= 0.3 is 5.97 Å². The number of hydrogen-bond acceptors (Lipinski definition) is 6. The number of hydrogen-bond donors (Lipinski definition) is 4. The maximum Gasteiger partial charge on any atom is 0.305 e. The molecule has 9 nitrogen and oxygen atoms in total. The van der Waals surface area contributed by atoms with Crippen molar-refractivity contribution in [3.63, 3.8) is 0 Å². The van der Waals surface area contributed by atoms with Crippen LogP contribution >= 0.6 is 0 Å². The van der Waals surface area contributed by atoms with Gasteiger partial charge in [0.2, 0.25) is 5.91 Å². The highest BCUT2D eigenvalue weighted by Crippen LogP contribution is 2.22. The number of para-hydroxylation sites is 1. The van der Waals surface area contributed by atoms with E-state index in [9.17, 15) is 14.4 Å². The Morgan fingerprint density at radius 3 is 2.39 bits per heavy atom. The van der Waals surface area contributed by atoms with Crippen molar-refractivity contribution in [3.8, 4) is 5.75 Å². The first-order chi connectivity index (χ1) is 13.2. The lowest BCUT2D eigenvalue weighted by atomic mass is 10.2. The van der Waals surface area contributed by atoms with Gasteiger partial charge in [-0.3, -0.25) is 14.4 Å². The Balaban J connectivity index is 0.000000362. The second-order valence-electron chi connectivity index (χ2n) is 5.91. The molecular formula is C19H25N3O6. The van der Waals surface area contributed by atoms with Crippen LogP contribution in [0.25, 0.3) is 0 Å². The predicted octanol–water partition coefficient (Wildman–Crippen LogP) is 1.62. The van der Waals surface area contributed by atoms with Crippen molar-refractivity contribution < 1.29 is 29.0 Å². The molecule has 9 heteroatoms. The number of carbonyl (C=O) groups excluding carboxylic acids is 2. The summed E-state index contributed by atoms with van der Waals surface area (Å²) in [7, 11) is 0. The summed E-state index contributed by atoms with van der Waals surface area (Å²) in [6.45, 7) is 3.74. The molecule has 152 valence electrons. The Hall–Kier alpha value is -3.49. The number of amides is 2. The van der Waals surface area contributed by atoms with E-state index in [1.165, 1.54) is 24.2 Å². The maximum absolute atomic E-state index is 12.0. The van der Waals surface area contributed by atoms with Crippen LogP contribution in [0, 0.1) is 6.92 Å². The lowest BCUT2D eigenvalue weighted by Crippen LogP contribution is -2.39. The largest absolute Gasteiger partial charge is 0.506 e. The van der Waals surface area contributed by atoms with Crippen molar-refractivity contribution in [1.82, 2.24) is 10.2 Å². The fourth-order valence-electron chi connectivity index (χ4n) is 2.15. The van der Waals surface area contributed by atoms with E-state index in [4.69, 9.17) is 20.4 Å². The summed E-state index contributed by atoms with van der Waals surface area (Å²) < 4.78 is 4.98. The molecular weight excluding hydrogens is 366 g/mol. The van der Waals surface area contributed by atoms with Crippen LogP contribution in [0.1, 0.15) is 29.5 Å². The average molecular weight is 391 g/mol. The van der Waals surface area contributed by atoms with E-state index in [0.717, 1.165) is 5.56 Å². The first kappa shape index (κ1) is 22.6. The van der Waals surface area contributed by atoms with Crippen LogP contribution in [0.2, 0.25) is 0 Å². The van der Waals surface area contributed by atoms with Crippen molar-refractivity contribution >= 4 is 23.5 Å². The third-order valence-corrected chi connectivity index (χ3v) is 3.64. The monoisotopic (exact) mass is 391 g/mol. The van der Waals surface area contributed by atoms with E-state index < -0.39 is 11.9 Å². The first-order valence-corrected chi connectivity index (χ1v) is 8.55. The number of carboxylic acid groups (broad SMARTS) is 1. The standard InChI is InChI=1S/C12H16N2O5.C7H9NO/c1-9(15)13-5-7-14(6-4-11(16)17)12(18)10-3-2-8-19-10;1-5-3-2-4-6(8)7(5)9/h2-3,8H,4-7H2,1H3,(H,13,15)(H,16,17);2-4,9H,8H2,1H3. The highest BCUT2D eigenvalue weighted by molar-refractivity contribution is 5.91. The fraction of sp³-hybridized carbons (Fsp3) is 0.316. The molecule has 0 unspecified atom stereocenters. The van der Waals surface area contributed by atoms with E-state index >= 15 is 0 Å². The van der Waals surface area contributed by atoms with Crippen molar-refractivity contribution in [2.45, 2.75) is 20.3 Å². The lowest BCUT2D eigenvalue weighted by Gasteiger charge is -2.20. The number of rotatable bonds is 7. The van der Waals surface area contributed by atoms with Gasteiger partial charge in [-0.05, 0) is 30.7 Å². The van der Waals surface area contributed by atoms with Crippen LogP contribution in [0.15, 0.2) is 41.0 Å². The zero-order chi connectivity index (χ0) is 21.1. The molecule has 28 heavy (non-hydrogen) atoms. The van der Waals surface area contributed by atoms with Crippen LogP contribution in [0.3, 0.4) is 0 Å². The molecule has 0 aliphatic heterocycles. The molecule has 0 radical (unpaired) electrons. The smallest absolute Gasteiger partial charge is 0.305 e. The molecule has 1 aromatic heterocycles. The Kier molecular flexibility index (Phi) is 9.08. The molecule has 5 N–H and O–H groups in total. The number of furan rings is 1. The quantitative estimate of drug-likeness (QED) is 0.414.